The molecule has 13 heavy (non-hydrogen) atoms. The highest BCUT2D eigenvalue weighted by Crippen LogP contribution is 2.14. The molecule has 3 atom stereocenters. The first kappa shape index (κ1) is 10.7. The van der Waals surface area contributed by atoms with Gasteiger partial charge in [-0.3, -0.25) is 4.90 Å². The Kier molecular flexibility index (Phi) is 3.94. The zero-order valence-corrected chi connectivity index (χ0v) is 9.09. The van der Waals surface area contributed by atoms with Crippen LogP contribution in [0.2, 0.25) is 0 Å². The molecule has 3 unspecified atom stereocenters. The Morgan fingerprint density at radius 1 is 1.69 bits per heavy atom. The molecule has 0 aliphatic carbocycles. The predicted molar refractivity (Wildman–Crippen MR) is 57.9 cm³/mol. The number of rotatable bonds is 3. The Balaban J connectivity index is 2.59. The van der Waals surface area contributed by atoms with E-state index in [2.05, 4.69) is 37.6 Å². The second-order valence-electron chi connectivity index (χ2n) is 4.04. The third-order valence-corrected chi connectivity index (χ3v) is 2.99. The van der Waals surface area contributed by atoms with Gasteiger partial charge in [0.05, 0.1) is 0 Å². The van der Waals surface area contributed by atoms with Crippen molar-refractivity contribution >= 4 is 0 Å². The molecule has 0 amide bonds. The number of nitrogens with zero attached hydrogens (tertiary/aromatic N) is 1. The van der Waals surface area contributed by atoms with E-state index < -0.39 is 0 Å². The lowest BCUT2D eigenvalue weighted by atomic mass is 10.0. The summed E-state index contributed by atoms with van der Waals surface area (Å²) in [6, 6.07) is 1.81. The van der Waals surface area contributed by atoms with E-state index in [0.717, 1.165) is 13.1 Å². The summed E-state index contributed by atoms with van der Waals surface area (Å²) in [5.74, 6) is 0. The van der Waals surface area contributed by atoms with Crippen LogP contribution >= 0.6 is 0 Å². The summed E-state index contributed by atoms with van der Waals surface area (Å²) in [6.45, 7) is 12.9. The van der Waals surface area contributed by atoms with Gasteiger partial charge in [-0.2, -0.15) is 0 Å². The van der Waals surface area contributed by atoms with E-state index >= 15 is 0 Å². The molecule has 1 aliphatic rings. The van der Waals surface area contributed by atoms with E-state index in [0.29, 0.717) is 18.1 Å². The maximum absolute atomic E-state index is 3.87. The minimum atomic E-state index is 0.509. The van der Waals surface area contributed by atoms with Crippen LogP contribution in [0.25, 0.3) is 0 Å². The average molecular weight is 182 g/mol. The van der Waals surface area contributed by atoms with Crippen LogP contribution in [-0.4, -0.2) is 36.1 Å². The van der Waals surface area contributed by atoms with E-state index in [1.807, 2.05) is 6.08 Å². The molecule has 1 rings (SSSR count). The molecule has 1 aliphatic heterocycles. The van der Waals surface area contributed by atoms with E-state index in [4.69, 9.17) is 0 Å². The van der Waals surface area contributed by atoms with Gasteiger partial charge in [0.15, 0.2) is 0 Å². The van der Waals surface area contributed by atoms with Crippen molar-refractivity contribution < 1.29 is 0 Å². The van der Waals surface area contributed by atoms with Gasteiger partial charge in [-0.25, -0.2) is 0 Å². The van der Waals surface area contributed by atoms with Crippen LogP contribution in [0.3, 0.4) is 0 Å². The molecular weight excluding hydrogens is 160 g/mol. The standard InChI is InChI=1S/C11H22N2/c1-5-10(4)13-8-9(3)12-7-11(13)6-2/h5,9-12H,1,6-8H2,2-4H3. The number of hydrogen-bond donors (Lipinski definition) is 1. The zero-order chi connectivity index (χ0) is 9.84. The highest BCUT2D eigenvalue weighted by atomic mass is 15.2. The van der Waals surface area contributed by atoms with Gasteiger partial charge in [-0.1, -0.05) is 13.0 Å². The fourth-order valence-electron chi connectivity index (χ4n) is 2.00. The molecule has 0 aromatic rings. The molecule has 0 aromatic heterocycles. The SMILES string of the molecule is C=CC(C)N1CC(C)NCC1CC. The van der Waals surface area contributed by atoms with Gasteiger partial charge in [0.25, 0.3) is 0 Å². The molecule has 2 nitrogen and oxygen atoms in total. The lowest BCUT2D eigenvalue weighted by molar-refractivity contribution is 0.110. The second kappa shape index (κ2) is 4.77. The van der Waals surface area contributed by atoms with Crippen LogP contribution in [-0.2, 0) is 0 Å². The molecule has 0 bridgehead atoms. The van der Waals surface area contributed by atoms with Crippen LogP contribution in [0.1, 0.15) is 27.2 Å². The Bertz CT molecular complexity index is 167. The first-order chi connectivity index (χ1) is 6.19. The Hall–Kier alpha value is -0.340. The van der Waals surface area contributed by atoms with Crippen molar-refractivity contribution in [1.29, 1.82) is 0 Å². The number of nitrogens with one attached hydrogen (secondary N) is 1. The summed E-state index contributed by atoms with van der Waals surface area (Å²) >= 11 is 0. The van der Waals surface area contributed by atoms with Gasteiger partial charge in [0.2, 0.25) is 0 Å². The molecule has 76 valence electrons. The van der Waals surface area contributed by atoms with Crippen molar-refractivity contribution in [3.63, 3.8) is 0 Å². The Morgan fingerprint density at radius 3 is 2.92 bits per heavy atom. The van der Waals surface area contributed by atoms with Crippen molar-refractivity contribution in [2.75, 3.05) is 13.1 Å². The predicted octanol–water partition coefficient (Wildman–Crippen LogP) is 1.63. The summed E-state index contributed by atoms with van der Waals surface area (Å²) < 4.78 is 0. The summed E-state index contributed by atoms with van der Waals surface area (Å²) in [5, 5.41) is 3.52. The first-order valence-electron chi connectivity index (χ1n) is 5.30. The third kappa shape index (κ3) is 2.55. The number of hydrogen-bond acceptors (Lipinski definition) is 2. The zero-order valence-electron chi connectivity index (χ0n) is 9.09. The molecule has 1 fully saturated rings. The minimum Gasteiger partial charge on any atom is -0.311 e. The quantitative estimate of drug-likeness (QED) is 0.667. The van der Waals surface area contributed by atoms with E-state index in [1.165, 1.54) is 6.42 Å². The number of piperazine rings is 1. The largest absolute Gasteiger partial charge is 0.311 e. The lowest BCUT2D eigenvalue weighted by Gasteiger charge is -2.41. The Morgan fingerprint density at radius 2 is 2.38 bits per heavy atom. The summed E-state index contributed by atoms with van der Waals surface area (Å²) in [7, 11) is 0. The topological polar surface area (TPSA) is 15.3 Å². The van der Waals surface area contributed by atoms with Gasteiger partial charge in [0.1, 0.15) is 0 Å². The van der Waals surface area contributed by atoms with Crippen molar-refractivity contribution in [1.82, 2.24) is 10.2 Å². The lowest BCUT2D eigenvalue weighted by Crippen LogP contribution is -2.57. The summed E-state index contributed by atoms with van der Waals surface area (Å²) in [5.41, 5.74) is 0. The van der Waals surface area contributed by atoms with Crippen molar-refractivity contribution in [2.24, 2.45) is 0 Å². The molecule has 1 saturated heterocycles. The van der Waals surface area contributed by atoms with E-state index in [-0.39, 0.29) is 0 Å². The van der Waals surface area contributed by atoms with Crippen LogP contribution in [0.15, 0.2) is 12.7 Å². The molecule has 2 heteroatoms. The van der Waals surface area contributed by atoms with Gasteiger partial charge < -0.3 is 5.32 Å². The fourth-order valence-corrected chi connectivity index (χ4v) is 2.00. The maximum Gasteiger partial charge on any atom is 0.0251 e. The smallest absolute Gasteiger partial charge is 0.0251 e. The average Bonchev–Trinajstić information content (AvgIpc) is 2.16. The van der Waals surface area contributed by atoms with Crippen molar-refractivity contribution in [3.8, 4) is 0 Å². The molecule has 1 heterocycles. The summed E-state index contributed by atoms with van der Waals surface area (Å²) in [4.78, 5) is 2.55. The summed E-state index contributed by atoms with van der Waals surface area (Å²) in [6.07, 6.45) is 3.26. The van der Waals surface area contributed by atoms with Crippen LogP contribution in [0.5, 0.6) is 0 Å². The molecule has 0 spiro atoms. The first-order valence-corrected chi connectivity index (χ1v) is 5.30. The van der Waals surface area contributed by atoms with Gasteiger partial charge in [-0.15, -0.1) is 6.58 Å². The highest BCUT2D eigenvalue weighted by Gasteiger charge is 2.26. The van der Waals surface area contributed by atoms with Crippen LogP contribution in [0, 0.1) is 0 Å². The van der Waals surface area contributed by atoms with Gasteiger partial charge in [-0.05, 0) is 20.3 Å². The van der Waals surface area contributed by atoms with Gasteiger partial charge >= 0.3 is 0 Å². The normalized spacial score (nSPS) is 32.8. The van der Waals surface area contributed by atoms with Crippen LogP contribution < -0.4 is 5.32 Å². The third-order valence-electron chi connectivity index (χ3n) is 2.99. The second-order valence-corrected chi connectivity index (χ2v) is 4.04. The van der Waals surface area contributed by atoms with Crippen molar-refractivity contribution in [2.45, 2.75) is 45.3 Å². The maximum atomic E-state index is 3.87. The monoisotopic (exact) mass is 182 g/mol. The van der Waals surface area contributed by atoms with Crippen LogP contribution in [0.4, 0.5) is 0 Å². The molecule has 0 saturated carbocycles. The Labute approximate surface area is 82.0 Å². The molecular formula is C11H22N2. The molecule has 0 aromatic carbocycles. The van der Waals surface area contributed by atoms with E-state index in [9.17, 15) is 0 Å². The van der Waals surface area contributed by atoms with Gasteiger partial charge in [0, 0.05) is 31.2 Å². The minimum absolute atomic E-state index is 0.509. The molecule has 1 N–H and O–H groups in total. The van der Waals surface area contributed by atoms with E-state index in [1.54, 1.807) is 0 Å². The van der Waals surface area contributed by atoms with Crippen molar-refractivity contribution in [3.05, 3.63) is 12.7 Å². The highest BCUT2D eigenvalue weighted by molar-refractivity contribution is 4.92. The molecule has 0 radical (unpaired) electrons. The fraction of sp³-hybridized carbons (Fsp3) is 0.818.